The Balaban J connectivity index is 2.26. The maximum absolute atomic E-state index is 12.3. The number of aromatic nitrogens is 2. The van der Waals surface area contributed by atoms with Crippen molar-refractivity contribution in [1.82, 2.24) is 15.1 Å². The van der Waals surface area contributed by atoms with Crippen LogP contribution in [0.25, 0.3) is 0 Å². The van der Waals surface area contributed by atoms with E-state index in [1.165, 1.54) is 11.0 Å². The van der Waals surface area contributed by atoms with Gasteiger partial charge in [0.1, 0.15) is 0 Å². The molecule has 0 aliphatic carbocycles. The summed E-state index contributed by atoms with van der Waals surface area (Å²) >= 11 is 11.5. The Kier molecular flexibility index (Phi) is 4.34. The summed E-state index contributed by atoms with van der Waals surface area (Å²) in [5.74, 6) is -0.334. The third kappa shape index (κ3) is 2.72. The van der Waals surface area contributed by atoms with Gasteiger partial charge in [0.15, 0.2) is 10.3 Å². The van der Waals surface area contributed by atoms with Crippen LogP contribution in [-0.4, -0.2) is 58.5 Å². The van der Waals surface area contributed by atoms with Gasteiger partial charge in [-0.25, -0.2) is 0 Å². The lowest BCUT2D eigenvalue weighted by Crippen LogP contribution is -2.50. The largest absolute Gasteiger partial charge is 0.394 e. The molecule has 6 nitrogen and oxygen atoms in total. The summed E-state index contributed by atoms with van der Waals surface area (Å²) in [5, 5.41) is 16.4. The molecule has 0 radical (unpaired) electrons. The quantitative estimate of drug-likeness (QED) is 0.864. The molecule has 98 valence electrons. The van der Waals surface area contributed by atoms with E-state index < -0.39 is 0 Å². The Labute approximate surface area is 113 Å². The van der Waals surface area contributed by atoms with Gasteiger partial charge in [-0.05, 0) is 6.07 Å². The molecule has 2 heterocycles. The van der Waals surface area contributed by atoms with Gasteiger partial charge in [-0.3, -0.25) is 4.79 Å². The fraction of sp³-hybridized carbons (Fsp3) is 0.500. The van der Waals surface area contributed by atoms with Crippen LogP contribution in [0.5, 0.6) is 0 Å². The predicted molar refractivity (Wildman–Crippen MR) is 64.8 cm³/mol. The van der Waals surface area contributed by atoms with Crippen molar-refractivity contribution in [3.05, 3.63) is 21.9 Å². The van der Waals surface area contributed by atoms with Gasteiger partial charge in [-0.2, -0.15) is 0 Å². The summed E-state index contributed by atoms with van der Waals surface area (Å²) in [5.41, 5.74) is 0.178. The normalized spacial score (nSPS) is 19.9. The molecule has 8 heteroatoms. The molecule has 18 heavy (non-hydrogen) atoms. The van der Waals surface area contributed by atoms with E-state index in [0.717, 1.165) is 0 Å². The first-order valence-corrected chi connectivity index (χ1v) is 6.07. The second kappa shape index (κ2) is 5.79. The first-order chi connectivity index (χ1) is 8.63. The van der Waals surface area contributed by atoms with Gasteiger partial charge in [-0.1, -0.05) is 23.2 Å². The third-order valence-electron chi connectivity index (χ3n) is 2.65. The number of hydrogen-bond donors (Lipinski definition) is 1. The lowest BCUT2D eigenvalue weighted by Gasteiger charge is -2.34. The number of carbonyl (C=O) groups excluding carboxylic acids is 1. The van der Waals surface area contributed by atoms with E-state index in [9.17, 15) is 9.90 Å². The summed E-state index contributed by atoms with van der Waals surface area (Å²) in [6, 6.07) is 0.984. The van der Waals surface area contributed by atoms with Crippen molar-refractivity contribution < 1.29 is 14.6 Å². The van der Waals surface area contributed by atoms with Gasteiger partial charge >= 0.3 is 0 Å². The first-order valence-electron chi connectivity index (χ1n) is 5.31. The van der Waals surface area contributed by atoms with E-state index in [1.54, 1.807) is 0 Å². The first kappa shape index (κ1) is 13.5. The van der Waals surface area contributed by atoms with Crippen LogP contribution >= 0.6 is 23.2 Å². The zero-order chi connectivity index (χ0) is 13.1. The van der Waals surface area contributed by atoms with E-state index in [0.29, 0.717) is 19.8 Å². The standard InChI is InChI=1S/C10H11Cl2N3O3/c11-8-3-7(9(12)14-13-8)10(17)15-1-2-18-5-6(15)4-16/h3,6,16H,1-2,4-5H2. The maximum Gasteiger partial charge on any atom is 0.257 e. The number of rotatable bonds is 2. The smallest absolute Gasteiger partial charge is 0.257 e. The molecule has 1 aliphatic heterocycles. The van der Waals surface area contributed by atoms with Gasteiger partial charge in [0, 0.05) is 6.54 Å². The lowest BCUT2D eigenvalue weighted by molar-refractivity contribution is -0.0184. The Morgan fingerprint density at radius 2 is 2.33 bits per heavy atom. The zero-order valence-electron chi connectivity index (χ0n) is 9.34. The summed E-state index contributed by atoms with van der Waals surface area (Å²) in [6.45, 7) is 0.939. The molecule has 1 aromatic rings. The van der Waals surface area contributed by atoms with Gasteiger partial charge in [0.05, 0.1) is 31.4 Å². The van der Waals surface area contributed by atoms with Gasteiger partial charge in [0.2, 0.25) is 0 Å². The van der Waals surface area contributed by atoms with E-state index in [-0.39, 0.29) is 34.4 Å². The number of aliphatic hydroxyl groups is 1. The highest BCUT2D eigenvalue weighted by Gasteiger charge is 2.29. The zero-order valence-corrected chi connectivity index (χ0v) is 10.9. The SMILES string of the molecule is O=C(c1cc(Cl)nnc1Cl)N1CCOCC1CO. The van der Waals surface area contributed by atoms with Gasteiger partial charge < -0.3 is 14.7 Å². The van der Waals surface area contributed by atoms with Crippen LogP contribution in [-0.2, 0) is 4.74 Å². The highest BCUT2D eigenvalue weighted by atomic mass is 35.5. The maximum atomic E-state index is 12.3. The molecule has 0 aromatic carbocycles. The Hall–Kier alpha value is -0.950. The monoisotopic (exact) mass is 291 g/mol. The van der Waals surface area contributed by atoms with Gasteiger partial charge in [0.25, 0.3) is 5.91 Å². The third-order valence-corrected chi connectivity index (χ3v) is 3.11. The number of amides is 1. The summed E-state index contributed by atoms with van der Waals surface area (Å²) in [4.78, 5) is 13.8. The average Bonchev–Trinajstić information content (AvgIpc) is 2.40. The van der Waals surface area contributed by atoms with Crippen LogP contribution in [0.3, 0.4) is 0 Å². The van der Waals surface area contributed by atoms with E-state index >= 15 is 0 Å². The molecule has 1 fully saturated rings. The van der Waals surface area contributed by atoms with Crippen LogP contribution in [0.1, 0.15) is 10.4 Å². The van der Waals surface area contributed by atoms with E-state index in [2.05, 4.69) is 10.2 Å². The Morgan fingerprint density at radius 1 is 1.56 bits per heavy atom. The van der Waals surface area contributed by atoms with Crippen molar-refractivity contribution in [2.24, 2.45) is 0 Å². The van der Waals surface area contributed by atoms with Crippen LogP contribution in [0.2, 0.25) is 10.3 Å². The predicted octanol–water partition coefficient (Wildman–Crippen LogP) is 0.617. The fourth-order valence-corrected chi connectivity index (χ4v) is 2.05. The van der Waals surface area contributed by atoms with E-state index in [4.69, 9.17) is 27.9 Å². The molecular weight excluding hydrogens is 281 g/mol. The number of carbonyl (C=O) groups is 1. The molecule has 0 spiro atoms. The topological polar surface area (TPSA) is 75.6 Å². The number of hydrogen-bond acceptors (Lipinski definition) is 5. The molecule has 1 amide bonds. The average molecular weight is 292 g/mol. The van der Waals surface area contributed by atoms with Gasteiger partial charge in [-0.15, -0.1) is 10.2 Å². The van der Waals surface area contributed by atoms with Crippen molar-refractivity contribution in [3.8, 4) is 0 Å². The second-order valence-electron chi connectivity index (χ2n) is 3.78. The second-order valence-corrected chi connectivity index (χ2v) is 4.53. The molecule has 1 atom stereocenters. The number of ether oxygens (including phenoxy) is 1. The number of morpholine rings is 1. The summed E-state index contributed by atoms with van der Waals surface area (Å²) in [7, 11) is 0. The van der Waals surface area contributed by atoms with E-state index in [1.807, 2.05) is 0 Å². The number of halogens is 2. The number of nitrogens with zero attached hydrogens (tertiary/aromatic N) is 3. The Morgan fingerprint density at radius 3 is 3.06 bits per heavy atom. The minimum Gasteiger partial charge on any atom is -0.394 e. The lowest BCUT2D eigenvalue weighted by atomic mass is 10.2. The molecule has 0 bridgehead atoms. The summed E-state index contributed by atoms with van der Waals surface area (Å²) < 4.78 is 5.20. The Bertz CT molecular complexity index is 458. The highest BCUT2D eigenvalue weighted by Crippen LogP contribution is 2.19. The molecule has 0 saturated carbocycles. The van der Waals surface area contributed by atoms with Crippen LogP contribution in [0.15, 0.2) is 6.07 Å². The fourth-order valence-electron chi connectivity index (χ4n) is 1.73. The summed E-state index contributed by atoms with van der Waals surface area (Å²) in [6.07, 6.45) is 0. The van der Waals surface area contributed by atoms with Crippen LogP contribution in [0, 0.1) is 0 Å². The van der Waals surface area contributed by atoms with Crippen molar-refractivity contribution in [3.63, 3.8) is 0 Å². The minimum atomic E-state index is -0.380. The van der Waals surface area contributed by atoms with Crippen molar-refractivity contribution in [1.29, 1.82) is 0 Å². The molecule has 1 unspecified atom stereocenters. The molecular formula is C10H11Cl2N3O3. The van der Waals surface area contributed by atoms with Crippen LogP contribution in [0.4, 0.5) is 0 Å². The molecule has 1 aliphatic rings. The highest BCUT2D eigenvalue weighted by molar-refractivity contribution is 6.34. The minimum absolute atomic E-state index is 0.00687. The van der Waals surface area contributed by atoms with Crippen molar-refractivity contribution >= 4 is 29.1 Å². The van der Waals surface area contributed by atoms with Crippen molar-refractivity contribution in [2.75, 3.05) is 26.4 Å². The molecule has 1 saturated heterocycles. The van der Waals surface area contributed by atoms with Crippen LogP contribution < -0.4 is 0 Å². The molecule has 1 N–H and O–H groups in total. The molecule has 1 aromatic heterocycles. The molecule has 2 rings (SSSR count). The number of aliphatic hydroxyl groups excluding tert-OH is 1. The van der Waals surface area contributed by atoms with Crippen molar-refractivity contribution in [2.45, 2.75) is 6.04 Å².